The molecule has 1 aliphatic rings. The first-order valence-electron chi connectivity index (χ1n) is 5.38. The zero-order valence-corrected chi connectivity index (χ0v) is 9.43. The summed E-state index contributed by atoms with van der Waals surface area (Å²) in [5.41, 5.74) is 0.299. The molecule has 0 aromatic carbocycles. The van der Waals surface area contributed by atoms with Crippen LogP contribution in [0.25, 0.3) is 0 Å². The first kappa shape index (κ1) is 11.3. The van der Waals surface area contributed by atoms with Crippen molar-refractivity contribution in [2.45, 2.75) is 52.1 Å². The lowest BCUT2D eigenvalue weighted by molar-refractivity contribution is -0.154. The Morgan fingerprint density at radius 2 is 2.29 bits per heavy atom. The minimum Gasteiger partial charge on any atom is -0.456 e. The molecule has 80 valence electrons. The molecule has 0 saturated heterocycles. The smallest absolute Gasteiger partial charge is 0.333 e. The van der Waals surface area contributed by atoms with Crippen molar-refractivity contribution < 1.29 is 9.53 Å². The van der Waals surface area contributed by atoms with Gasteiger partial charge in [0.2, 0.25) is 0 Å². The first-order valence-corrected chi connectivity index (χ1v) is 5.38. The Kier molecular flexibility index (Phi) is 3.35. The van der Waals surface area contributed by atoms with Gasteiger partial charge in [-0.25, -0.2) is 4.79 Å². The summed E-state index contributed by atoms with van der Waals surface area (Å²) in [4.78, 5) is 11.4. The molecule has 0 aromatic rings. The molecule has 0 heterocycles. The maximum Gasteiger partial charge on any atom is 0.333 e. The van der Waals surface area contributed by atoms with Crippen LogP contribution in [0.4, 0.5) is 0 Å². The predicted molar refractivity (Wildman–Crippen MR) is 56.9 cm³/mol. The van der Waals surface area contributed by atoms with Crippen molar-refractivity contribution in [3.05, 3.63) is 12.2 Å². The molecule has 2 heteroatoms. The average Bonchev–Trinajstić information content (AvgIpc) is 2.48. The molecule has 0 N–H and O–H groups in total. The van der Waals surface area contributed by atoms with Crippen LogP contribution in [0.1, 0.15) is 46.5 Å². The normalized spacial score (nSPS) is 31.5. The molecular weight excluding hydrogens is 176 g/mol. The van der Waals surface area contributed by atoms with Gasteiger partial charge in [-0.1, -0.05) is 20.4 Å². The molecule has 1 fully saturated rings. The predicted octanol–water partition coefficient (Wildman–Crippen LogP) is 3.07. The van der Waals surface area contributed by atoms with Crippen molar-refractivity contribution in [3.63, 3.8) is 0 Å². The van der Waals surface area contributed by atoms with Gasteiger partial charge in [0.25, 0.3) is 0 Å². The highest BCUT2D eigenvalue weighted by Crippen LogP contribution is 2.39. The molecule has 14 heavy (non-hydrogen) atoms. The zero-order chi connectivity index (χ0) is 10.8. The van der Waals surface area contributed by atoms with Crippen LogP contribution in [0.5, 0.6) is 0 Å². The van der Waals surface area contributed by atoms with Crippen molar-refractivity contribution in [2.24, 2.45) is 5.92 Å². The third-order valence-corrected chi connectivity index (χ3v) is 3.12. The summed E-state index contributed by atoms with van der Waals surface area (Å²) >= 11 is 0. The van der Waals surface area contributed by atoms with Crippen molar-refractivity contribution in [1.29, 1.82) is 0 Å². The Morgan fingerprint density at radius 3 is 2.64 bits per heavy atom. The molecule has 0 radical (unpaired) electrons. The van der Waals surface area contributed by atoms with E-state index in [4.69, 9.17) is 4.74 Å². The third kappa shape index (κ3) is 2.37. The van der Waals surface area contributed by atoms with Gasteiger partial charge in [-0.05, 0) is 38.5 Å². The SMILES string of the molecule is C=C(C)C(=O)OC1(CC)CCC(C)C1. The second-order valence-corrected chi connectivity index (χ2v) is 4.55. The van der Waals surface area contributed by atoms with Crippen LogP contribution in [0.2, 0.25) is 0 Å². The number of ether oxygens (including phenoxy) is 1. The molecule has 2 atom stereocenters. The van der Waals surface area contributed by atoms with E-state index in [9.17, 15) is 4.79 Å². The van der Waals surface area contributed by atoms with Crippen LogP contribution in [-0.2, 0) is 9.53 Å². The van der Waals surface area contributed by atoms with Crippen LogP contribution in [0.3, 0.4) is 0 Å². The lowest BCUT2D eigenvalue weighted by atomic mass is 9.97. The third-order valence-electron chi connectivity index (χ3n) is 3.12. The van der Waals surface area contributed by atoms with E-state index in [1.54, 1.807) is 6.92 Å². The molecule has 2 unspecified atom stereocenters. The molecule has 0 amide bonds. The van der Waals surface area contributed by atoms with E-state index in [1.807, 2.05) is 0 Å². The molecular formula is C12H20O2. The molecule has 0 spiro atoms. The fourth-order valence-corrected chi connectivity index (χ4v) is 2.12. The molecule has 0 aliphatic heterocycles. The number of hydrogen-bond acceptors (Lipinski definition) is 2. The second kappa shape index (κ2) is 4.16. The summed E-state index contributed by atoms with van der Waals surface area (Å²) in [5.74, 6) is 0.439. The second-order valence-electron chi connectivity index (χ2n) is 4.55. The van der Waals surface area contributed by atoms with E-state index in [-0.39, 0.29) is 11.6 Å². The van der Waals surface area contributed by atoms with Gasteiger partial charge in [0.05, 0.1) is 0 Å². The Morgan fingerprint density at radius 1 is 1.64 bits per heavy atom. The van der Waals surface area contributed by atoms with Crippen LogP contribution >= 0.6 is 0 Å². The molecule has 1 saturated carbocycles. The topological polar surface area (TPSA) is 26.3 Å². The Balaban J connectivity index is 2.63. The minimum atomic E-state index is -0.235. The van der Waals surface area contributed by atoms with Crippen LogP contribution < -0.4 is 0 Å². The molecule has 2 nitrogen and oxygen atoms in total. The van der Waals surface area contributed by atoms with Gasteiger partial charge in [-0.3, -0.25) is 0 Å². The average molecular weight is 196 g/mol. The first-order chi connectivity index (χ1) is 6.49. The van der Waals surface area contributed by atoms with Gasteiger partial charge < -0.3 is 4.74 Å². The highest BCUT2D eigenvalue weighted by molar-refractivity contribution is 5.87. The van der Waals surface area contributed by atoms with E-state index >= 15 is 0 Å². The summed E-state index contributed by atoms with van der Waals surface area (Å²) in [7, 11) is 0. The van der Waals surface area contributed by atoms with E-state index in [0.29, 0.717) is 11.5 Å². The van der Waals surface area contributed by atoms with E-state index in [2.05, 4.69) is 20.4 Å². The fraction of sp³-hybridized carbons (Fsp3) is 0.750. The van der Waals surface area contributed by atoms with E-state index in [0.717, 1.165) is 25.7 Å². The van der Waals surface area contributed by atoms with Gasteiger partial charge in [0.15, 0.2) is 0 Å². The quantitative estimate of drug-likeness (QED) is 0.512. The van der Waals surface area contributed by atoms with Gasteiger partial charge in [-0.15, -0.1) is 0 Å². The number of esters is 1. The summed E-state index contributed by atoms with van der Waals surface area (Å²) in [6, 6.07) is 0. The highest BCUT2D eigenvalue weighted by atomic mass is 16.6. The van der Waals surface area contributed by atoms with Crippen LogP contribution in [-0.4, -0.2) is 11.6 Å². The molecule has 0 aromatic heterocycles. The summed E-state index contributed by atoms with van der Waals surface area (Å²) in [6.45, 7) is 9.61. The molecule has 1 rings (SSSR count). The number of rotatable bonds is 3. The minimum absolute atomic E-state index is 0.199. The number of hydrogen-bond donors (Lipinski definition) is 0. The monoisotopic (exact) mass is 196 g/mol. The summed E-state index contributed by atoms with van der Waals surface area (Å²) in [5, 5.41) is 0. The Hall–Kier alpha value is -0.790. The maximum atomic E-state index is 11.4. The lowest BCUT2D eigenvalue weighted by Gasteiger charge is -2.28. The molecule has 0 bridgehead atoms. The molecule has 1 aliphatic carbocycles. The Labute approximate surface area is 86.3 Å². The number of carbonyl (C=O) groups excluding carboxylic acids is 1. The summed E-state index contributed by atoms with van der Waals surface area (Å²) in [6.07, 6.45) is 4.08. The van der Waals surface area contributed by atoms with E-state index < -0.39 is 0 Å². The van der Waals surface area contributed by atoms with Crippen LogP contribution in [0, 0.1) is 5.92 Å². The van der Waals surface area contributed by atoms with Gasteiger partial charge in [0.1, 0.15) is 5.60 Å². The van der Waals surface area contributed by atoms with Gasteiger partial charge in [0, 0.05) is 5.57 Å². The fourth-order valence-electron chi connectivity index (χ4n) is 2.12. The van der Waals surface area contributed by atoms with E-state index in [1.165, 1.54) is 0 Å². The standard InChI is InChI=1S/C12H20O2/c1-5-12(7-6-10(4)8-12)14-11(13)9(2)3/h10H,2,5-8H2,1,3-4H3. The maximum absolute atomic E-state index is 11.4. The van der Waals surface area contributed by atoms with Crippen molar-refractivity contribution >= 4 is 5.97 Å². The van der Waals surface area contributed by atoms with Crippen molar-refractivity contribution in [1.82, 2.24) is 0 Å². The van der Waals surface area contributed by atoms with Crippen molar-refractivity contribution in [2.75, 3.05) is 0 Å². The van der Waals surface area contributed by atoms with Crippen molar-refractivity contribution in [3.8, 4) is 0 Å². The van der Waals surface area contributed by atoms with Crippen LogP contribution in [0.15, 0.2) is 12.2 Å². The lowest BCUT2D eigenvalue weighted by Crippen LogP contribution is -2.31. The zero-order valence-electron chi connectivity index (χ0n) is 9.43. The highest BCUT2D eigenvalue weighted by Gasteiger charge is 2.39. The summed E-state index contributed by atoms with van der Waals surface area (Å²) < 4.78 is 5.54. The largest absolute Gasteiger partial charge is 0.456 e. The number of carbonyl (C=O) groups is 1. The van der Waals surface area contributed by atoms with Gasteiger partial charge in [-0.2, -0.15) is 0 Å². The Bertz CT molecular complexity index is 245. The van der Waals surface area contributed by atoms with Gasteiger partial charge >= 0.3 is 5.97 Å².